The molecule has 6 heteroatoms. The Morgan fingerprint density at radius 3 is 2.31 bits per heavy atom. The van der Waals surface area contributed by atoms with Crippen molar-refractivity contribution in [2.45, 2.75) is 139 Å². The summed E-state index contributed by atoms with van der Waals surface area (Å²) in [7, 11) is 0. The van der Waals surface area contributed by atoms with Gasteiger partial charge in [-0.1, -0.05) is 58.2 Å². The lowest BCUT2D eigenvalue weighted by molar-refractivity contribution is -0.191. The van der Waals surface area contributed by atoms with Crippen LogP contribution in [0.3, 0.4) is 0 Å². The number of carbonyl (C=O) groups is 3. The summed E-state index contributed by atoms with van der Waals surface area (Å²) >= 11 is 0. The first kappa shape index (κ1) is 37.7. The van der Waals surface area contributed by atoms with E-state index in [2.05, 4.69) is 40.5 Å². The standard InChI is InChI=1S/C45H63NO5/c1-10-42(6,7)26-39(50)51-37-19-21-43(8)34(29(37)4)17-20-44(9)35-18-22-45(23-24-46(30(5)47)27-31-11-13-32(48)14-12-31)25-36(49)40(28(2)3)41(45)33(35)15-16-38(43)44/h1,11-14,28-29,33-35,37-38,48H,15-27H2,2-9H3/t29?,33?,34?,35?,37-,38?,43?,44?,45?/m0/s1. The highest BCUT2D eigenvalue weighted by atomic mass is 16.5. The van der Waals surface area contributed by atoms with Gasteiger partial charge in [0.1, 0.15) is 11.9 Å². The molecule has 1 aromatic carbocycles. The van der Waals surface area contributed by atoms with Gasteiger partial charge in [-0.25, -0.2) is 0 Å². The number of allylic oxidation sites excluding steroid dienone is 2. The maximum atomic E-state index is 14.0. The number of Topliss-reactive ketones (excluding diaryl/α,β-unsaturated/α-hetero) is 1. The molecular formula is C45H63NO5. The van der Waals surface area contributed by atoms with Crippen LogP contribution < -0.4 is 0 Å². The maximum absolute atomic E-state index is 14.0. The number of hydrogen-bond donors (Lipinski definition) is 1. The third-order valence-electron chi connectivity index (χ3n) is 15.1. The molecule has 5 aliphatic carbocycles. The van der Waals surface area contributed by atoms with E-state index in [1.165, 1.54) is 18.4 Å². The summed E-state index contributed by atoms with van der Waals surface area (Å²) in [6, 6.07) is 7.11. The monoisotopic (exact) mass is 697 g/mol. The SMILES string of the molecule is C#CC(C)(C)CC(=O)O[C@H]1CCC2(C)C(CCC3(C)C4CCC5(CCN(Cc6ccc(O)cc6)C(C)=O)CC(=O)C(C(C)C)=C5C4CCC32)C1C. The number of hydrogen-bond acceptors (Lipinski definition) is 5. The molecule has 1 aromatic rings. The number of nitrogens with zero attached hydrogens (tertiary/aromatic N) is 1. The summed E-state index contributed by atoms with van der Waals surface area (Å²) in [5.74, 6) is 5.77. The van der Waals surface area contributed by atoms with Crippen molar-refractivity contribution in [2.75, 3.05) is 6.54 Å². The number of rotatable bonds is 9. The minimum atomic E-state index is -0.498. The van der Waals surface area contributed by atoms with E-state index in [9.17, 15) is 19.5 Å². The zero-order valence-electron chi connectivity index (χ0n) is 32.6. The highest BCUT2D eigenvalue weighted by Gasteiger charge is 2.65. The molecule has 5 aliphatic rings. The fourth-order valence-corrected chi connectivity index (χ4v) is 12.6. The molecule has 278 valence electrons. The number of ether oxygens (including phenoxy) is 1. The molecule has 51 heavy (non-hydrogen) atoms. The average molecular weight is 698 g/mol. The van der Waals surface area contributed by atoms with E-state index in [0.717, 1.165) is 56.1 Å². The van der Waals surface area contributed by atoms with Crippen LogP contribution in [-0.4, -0.2) is 40.3 Å². The van der Waals surface area contributed by atoms with Gasteiger partial charge < -0.3 is 14.7 Å². The maximum Gasteiger partial charge on any atom is 0.307 e. The van der Waals surface area contributed by atoms with Gasteiger partial charge in [-0.2, -0.15) is 0 Å². The zero-order valence-corrected chi connectivity index (χ0v) is 32.6. The van der Waals surface area contributed by atoms with Gasteiger partial charge in [0.05, 0.1) is 6.42 Å². The van der Waals surface area contributed by atoms with Crippen molar-refractivity contribution in [3.8, 4) is 18.1 Å². The van der Waals surface area contributed by atoms with Crippen molar-refractivity contribution < 1.29 is 24.2 Å². The van der Waals surface area contributed by atoms with Crippen LogP contribution in [-0.2, 0) is 25.7 Å². The molecule has 0 aliphatic heterocycles. The summed E-state index contributed by atoms with van der Waals surface area (Å²) < 4.78 is 6.17. The average Bonchev–Trinajstić information content (AvgIpc) is 3.37. The Balaban J connectivity index is 1.22. The Labute approximate surface area is 307 Å². The highest BCUT2D eigenvalue weighted by molar-refractivity contribution is 6.00. The molecule has 0 saturated heterocycles. The van der Waals surface area contributed by atoms with E-state index >= 15 is 0 Å². The molecule has 9 atom stereocenters. The summed E-state index contributed by atoms with van der Waals surface area (Å²) in [6.07, 6.45) is 16.1. The third-order valence-corrected chi connectivity index (χ3v) is 15.1. The van der Waals surface area contributed by atoms with Gasteiger partial charge in [0.25, 0.3) is 0 Å². The van der Waals surface area contributed by atoms with E-state index in [-0.39, 0.29) is 52.3 Å². The van der Waals surface area contributed by atoms with E-state index in [1.807, 2.05) is 30.9 Å². The molecule has 1 amide bonds. The first-order valence-electron chi connectivity index (χ1n) is 19.9. The minimum Gasteiger partial charge on any atom is -0.508 e. The minimum absolute atomic E-state index is 0.0419. The lowest BCUT2D eigenvalue weighted by atomic mass is 9.38. The van der Waals surface area contributed by atoms with Crippen molar-refractivity contribution in [1.29, 1.82) is 0 Å². The molecule has 0 radical (unpaired) electrons. The van der Waals surface area contributed by atoms with Gasteiger partial charge in [-0.3, -0.25) is 14.4 Å². The Kier molecular flexibility index (Phi) is 10.1. The summed E-state index contributed by atoms with van der Waals surface area (Å²) in [5, 5.41) is 9.78. The number of amides is 1. The van der Waals surface area contributed by atoms with Gasteiger partial charge in [0.15, 0.2) is 5.78 Å². The van der Waals surface area contributed by atoms with Crippen LogP contribution in [0.5, 0.6) is 5.75 Å². The molecule has 8 unspecified atom stereocenters. The lowest BCUT2D eigenvalue weighted by Crippen LogP contribution is -2.60. The van der Waals surface area contributed by atoms with Crippen LogP contribution in [0.15, 0.2) is 35.4 Å². The second-order valence-corrected chi connectivity index (χ2v) is 18.9. The number of benzene rings is 1. The van der Waals surface area contributed by atoms with Crippen molar-refractivity contribution >= 4 is 17.7 Å². The number of phenols is 1. The quantitative estimate of drug-likeness (QED) is 0.205. The van der Waals surface area contributed by atoms with Crippen LogP contribution in [0, 0.1) is 69.5 Å². The van der Waals surface area contributed by atoms with Crippen LogP contribution >= 0.6 is 0 Å². The summed E-state index contributed by atoms with van der Waals surface area (Å²) in [6.45, 7) is 18.5. The molecular weight excluding hydrogens is 634 g/mol. The number of esters is 1. The molecule has 6 rings (SSSR count). The van der Waals surface area contributed by atoms with Crippen molar-refractivity contribution in [2.24, 2.45) is 57.2 Å². The van der Waals surface area contributed by atoms with Gasteiger partial charge in [0, 0.05) is 37.3 Å². The van der Waals surface area contributed by atoms with Gasteiger partial charge in [0.2, 0.25) is 5.91 Å². The Morgan fingerprint density at radius 1 is 1.02 bits per heavy atom. The molecule has 0 aromatic heterocycles. The van der Waals surface area contributed by atoms with E-state index in [1.54, 1.807) is 19.1 Å². The van der Waals surface area contributed by atoms with E-state index in [4.69, 9.17) is 11.2 Å². The fraction of sp³-hybridized carbons (Fsp3) is 0.711. The van der Waals surface area contributed by atoms with Crippen LogP contribution in [0.25, 0.3) is 0 Å². The van der Waals surface area contributed by atoms with Gasteiger partial charge >= 0.3 is 5.97 Å². The predicted molar refractivity (Wildman–Crippen MR) is 201 cm³/mol. The van der Waals surface area contributed by atoms with E-state index < -0.39 is 5.41 Å². The highest BCUT2D eigenvalue weighted by Crippen LogP contribution is 2.72. The molecule has 6 nitrogen and oxygen atoms in total. The number of carbonyl (C=O) groups excluding carboxylic acids is 3. The first-order chi connectivity index (χ1) is 23.9. The molecule has 0 spiro atoms. The number of terminal acetylenes is 1. The number of ketones is 1. The van der Waals surface area contributed by atoms with Gasteiger partial charge in [-0.15, -0.1) is 6.42 Å². The fourth-order valence-electron chi connectivity index (χ4n) is 12.6. The third kappa shape index (κ3) is 6.70. The molecule has 4 saturated carbocycles. The smallest absolute Gasteiger partial charge is 0.307 e. The second kappa shape index (κ2) is 13.7. The molecule has 1 N–H and O–H groups in total. The Hall–Kier alpha value is -3.07. The lowest BCUT2D eigenvalue weighted by Gasteiger charge is -2.67. The number of fused-ring (bicyclic) bond motifs is 7. The van der Waals surface area contributed by atoms with Crippen molar-refractivity contribution in [1.82, 2.24) is 4.90 Å². The van der Waals surface area contributed by atoms with Crippen LogP contribution in [0.2, 0.25) is 0 Å². The Bertz CT molecular complexity index is 1600. The number of phenolic OH excluding ortho intramolecular Hbond substituents is 1. The summed E-state index contributed by atoms with van der Waals surface area (Å²) in [5.41, 5.74) is 3.29. The normalized spacial score (nSPS) is 36.0. The van der Waals surface area contributed by atoms with E-state index in [0.29, 0.717) is 54.9 Å². The van der Waals surface area contributed by atoms with Crippen molar-refractivity contribution in [3.05, 3.63) is 41.0 Å². The van der Waals surface area contributed by atoms with Crippen LogP contribution in [0.1, 0.15) is 132 Å². The van der Waals surface area contributed by atoms with Crippen molar-refractivity contribution in [3.63, 3.8) is 0 Å². The largest absolute Gasteiger partial charge is 0.508 e. The summed E-state index contributed by atoms with van der Waals surface area (Å²) in [4.78, 5) is 41.8. The second-order valence-electron chi connectivity index (χ2n) is 18.9. The molecule has 0 heterocycles. The zero-order chi connectivity index (χ0) is 37.1. The van der Waals surface area contributed by atoms with Crippen LogP contribution in [0.4, 0.5) is 0 Å². The number of aromatic hydroxyl groups is 1. The topological polar surface area (TPSA) is 83.9 Å². The first-order valence-corrected chi connectivity index (χ1v) is 19.9. The molecule has 4 fully saturated rings. The predicted octanol–water partition coefficient (Wildman–Crippen LogP) is 9.29. The Morgan fingerprint density at radius 2 is 1.67 bits per heavy atom. The van der Waals surface area contributed by atoms with Gasteiger partial charge in [-0.05, 0) is 141 Å². The molecule has 0 bridgehead atoms.